The van der Waals surface area contributed by atoms with Gasteiger partial charge in [-0.05, 0) is 44.7 Å². The van der Waals surface area contributed by atoms with Crippen molar-refractivity contribution in [1.29, 1.82) is 0 Å². The van der Waals surface area contributed by atoms with Crippen LogP contribution in [0.25, 0.3) is 5.13 Å². The summed E-state index contributed by atoms with van der Waals surface area (Å²) in [6.45, 7) is 7.93. The zero-order chi connectivity index (χ0) is 21.1. The Labute approximate surface area is 173 Å². The minimum absolute atomic E-state index is 0.100. The Morgan fingerprint density at radius 3 is 2.79 bits per heavy atom. The minimum atomic E-state index is -0.268. The third kappa shape index (κ3) is 4.59. The molecule has 1 amide bonds. The summed E-state index contributed by atoms with van der Waals surface area (Å²) < 4.78 is 6.62. The highest BCUT2D eigenvalue weighted by Gasteiger charge is 2.20. The van der Waals surface area contributed by atoms with Crippen LogP contribution in [0, 0.1) is 19.8 Å². The van der Waals surface area contributed by atoms with Gasteiger partial charge in [-0.2, -0.15) is 4.68 Å². The number of aromatic amines is 1. The van der Waals surface area contributed by atoms with Crippen molar-refractivity contribution in [2.45, 2.75) is 40.5 Å². The van der Waals surface area contributed by atoms with Crippen molar-refractivity contribution in [3.63, 3.8) is 0 Å². The van der Waals surface area contributed by atoms with Crippen molar-refractivity contribution in [3.8, 4) is 10.9 Å². The zero-order valence-corrected chi connectivity index (χ0v) is 18.1. The van der Waals surface area contributed by atoms with E-state index in [4.69, 9.17) is 4.74 Å². The second kappa shape index (κ2) is 8.65. The molecule has 0 saturated heterocycles. The molecule has 0 saturated carbocycles. The molecule has 0 aliphatic heterocycles. The largest absolute Gasteiger partial charge is 0.497 e. The number of H-pyrrole nitrogens is 1. The summed E-state index contributed by atoms with van der Waals surface area (Å²) in [7, 11) is 1.58. The van der Waals surface area contributed by atoms with Gasteiger partial charge in [-0.1, -0.05) is 31.3 Å². The number of nitrogens with one attached hydrogen (secondary N) is 2. The highest BCUT2D eigenvalue weighted by molar-refractivity contribution is 7.16. The first kappa shape index (κ1) is 20.9. The van der Waals surface area contributed by atoms with E-state index < -0.39 is 0 Å². The van der Waals surface area contributed by atoms with Gasteiger partial charge in [0.1, 0.15) is 10.6 Å². The first-order valence-corrected chi connectivity index (χ1v) is 10.4. The van der Waals surface area contributed by atoms with Crippen molar-refractivity contribution in [1.82, 2.24) is 14.8 Å². The second-order valence-corrected chi connectivity index (χ2v) is 8.36. The van der Waals surface area contributed by atoms with Gasteiger partial charge in [0.05, 0.1) is 12.8 Å². The fourth-order valence-electron chi connectivity index (χ4n) is 3.02. The van der Waals surface area contributed by atoms with E-state index in [2.05, 4.69) is 29.2 Å². The average molecular weight is 415 g/mol. The number of hydrogen-bond acceptors (Lipinski definition) is 5. The van der Waals surface area contributed by atoms with Gasteiger partial charge >= 0.3 is 0 Å². The molecule has 2 aromatic heterocycles. The number of carbonyl (C=O) groups excluding carboxylic acids is 1. The van der Waals surface area contributed by atoms with Crippen LogP contribution in [0.15, 0.2) is 29.1 Å². The smallest absolute Gasteiger partial charge is 0.276 e. The Morgan fingerprint density at radius 1 is 1.34 bits per heavy atom. The van der Waals surface area contributed by atoms with E-state index >= 15 is 0 Å². The summed E-state index contributed by atoms with van der Waals surface area (Å²) in [6.07, 6.45) is 1.67. The van der Waals surface area contributed by atoms with E-state index in [-0.39, 0.29) is 11.5 Å². The highest BCUT2D eigenvalue weighted by Crippen LogP contribution is 2.24. The molecule has 0 aliphatic rings. The Kier molecular flexibility index (Phi) is 6.22. The van der Waals surface area contributed by atoms with Gasteiger partial charge < -0.3 is 10.1 Å². The van der Waals surface area contributed by atoms with Crippen LogP contribution in [-0.2, 0) is 6.42 Å². The number of aryl methyl sites for hydroxylation is 2. The molecule has 7 nitrogen and oxygen atoms in total. The van der Waals surface area contributed by atoms with E-state index in [0.29, 0.717) is 33.1 Å². The molecule has 0 radical (unpaired) electrons. The Hall–Kier alpha value is -2.87. The molecule has 0 bridgehead atoms. The topological polar surface area (TPSA) is 89.0 Å². The SMILES string of the molecule is COc1cccc(NC(=O)c2sc(-n3[nH]c(C)c(CCC(C)C)c3=O)nc2C)c1. The molecule has 2 N–H and O–H groups in total. The van der Waals surface area contributed by atoms with E-state index in [0.717, 1.165) is 24.1 Å². The zero-order valence-electron chi connectivity index (χ0n) is 17.3. The van der Waals surface area contributed by atoms with Gasteiger partial charge in [-0.3, -0.25) is 14.7 Å². The molecule has 2 heterocycles. The molecular weight excluding hydrogens is 388 g/mol. The number of ether oxygens (including phenoxy) is 1. The van der Waals surface area contributed by atoms with Crippen molar-refractivity contribution in [3.05, 3.63) is 56.4 Å². The number of amides is 1. The van der Waals surface area contributed by atoms with Crippen LogP contribution in [0.4, 0.5) is 5.69 Å². The molecule has 0 fully saturated rings. The Morgan fingerprint density at radius 2 is 2.10 bits per heavy atom. The van der Waals surface area contributed by atoms with E-state index in [9.17, 15) is 9.59 Å². The number of aromatic nitrogens is 3. The monoisotopic (exact) mass is 414 g/mol. The van der Waals surface area contributed by atoms with Gasteiger partial charge in [0.25, 0.3) is 11.5 Å². The molecule has 0 spiro atoms. The lowest BCUT2D eigenvalue weighted by Gasteiger charge is -2.06. The number of thiazole rings is 1. The van der Waals surface area contributed by atoms with Gasteiger partial charge in [-0.25, -0.2) is 4.98 Å². The molecule has 3 rings (SSSR count). The summed E-state index contributed by atoms with van der Waals surface area (Å²) in [5.41, 5.74) is 2.72. The van der Waals surface area contributed by atoms with Crippen LogP contribution in [0.5, 0.6) is 5.75 Å². The second-order valence-electron chi connectivity index (χ2n) is 7.39. The molecule has 0 unspecified atom stereocenters. The summed E-state index contributed by atoms with van der Waals surface area (Å²) in [4.78, 5) is 30.5. The van der Waals surface area contributed by atoms with E-state index in [1.807, 2.05) is 13.0 Å². The first-order valence-electron chi connectivity index (χ1n) is 9.53. The Bertz CT molecular complexity index is 1080. The van der Waals surface area contributed by atoms with Crippen molar-refractivity contribution in [2.24, 2.45) is 5.92 Å². The molecule has 3 aromatic rings. The normalized spacial score (nSPS) is 11.1. The third-order valence-electron chi connectivity index (χ3n) is 4.68. The van der Waals surface area contributed by atoms with Gasteiger partial charge in [0, 0.05) is 23.0 Å². The quantitative estimate of drug-likeness (QED) is 0.609. The van der Waals surface area contributed by atoms with Crippen LogP contribution in [-0.4, -0.2) is 27.8 Å². The fourth-order valence-corrected chi connectivity index (χ4v) is 3.94. The van der Waals surface area contributed by atoms with Crippen LogP contribution in [0.2, 0.25) is 0 Å². The lowest BCUT2D eigenvalue weighted by atomic mass is 10.0. The molecule has 1 aromatic carbocycles. The number of anilines is 1. The van der Waals surface area contributed by atoms with Crippen LogP contribution in [0.1, 0.15) is 46.9 Å². The van der Waals surface area contributed by atoms with Crippen LogP contribution < -0.4 is 15.6 Å². The Balaban J connectivity index is 1.86. The number of carbonyl (C=O) groups is 1. The first-order chi connectivity index (χ1) is 13.8. The van der Waals surface area contributed by atoms with Crippen LogP contribution >= 0.6 is 11.3 Å². The van der Waals surface area contributed by atoms with Crippen molar-refractivity contribution >= 4 is 22.9 Å². The highest BCUT2D eigenvalue weighted by atomic mass is 32.1. The maximum Gasteiger partial charge on any atom is 0.276 e. The number of rotatable bonds is 7. The van der Waals surface area contributed by atoms with E-state index in [1.54, 1.807) is 32.2 Å². The molecule has 154 valence electrons. The summed E-state index contributed by atoms with van der Waals surface area (Å²) >= 11 is 1.19. The maximum absolute atomic E-state index is 12.8. The minimum Gasteiger partial charge on any atom is -0.497 e. The molecular formula is C21H26N4O3S. The molecule has 8 heteroatoms. The van der Waals surface area contributed by atoms with Crippen molar-refractivity contribution in [2.75, 3.05) is 12.4 Å². The molecule has 0 aliphatic carbocycles. The van der Waals surface area contributed by atoms with Gasteiger partial charge in [-0.15, -0.1) is 0 Å². The lowest BCUT2D eigenvalue weighted by Crippen LogP contribution is -2.17. The summed E-state index contributed by atoms with van der Waals surface area (Å²) in [6, 6.07) is 7.15. The average Bonchev–Trinajstić information content (AvgIpc) is 3.19. The maximum atomic E-state index is 12.8. The van der Waals surface area contributed by atoms with Gasteiger partial charge in [0.15, 0.2) is 0 Å². The lowest BCUT2D eigenvalue weighted by molar-refractivity contribution is 0.103. The number of hydrogen-bond donors (Lipinski definition) is 2. The third-order valence-corrected chi connectivity index (χ3v) is 5.82. The standard InChI is InChI=1S/C21H26N4O3S/c1-12(2)9-10-17-13(3)24-25(20(17)27)21-22-14(4)18(29-21)19(26)23-15-7-6-8-16(11-15)28-5/h6-8,11-12,24H,9-10H2,1-5H3,(H,23,26). The molecule has 0 atom stereocenters. The molecule has 29 heavy (non-hydrogen) atoms. The number of methoxy groups -OCH3 is 1. The number of nitrogens with zero attached hydrogens (tertiary/aromatic N) is 2. The predicted molar refractivity (Wildman–Crippen MR) is 116 cm³/mol. The van der Waals surface area contributed by atoms with Crippen LogP contribution in [0.3, 0.4) is 0 Å². The van der Waals surface area contributed by atoms with Crippen molar-refractivity contribution < 1.29 is 9.53 Å². The number of benzene rings is 1. The summed E-state index contributed by atoms with van der Waals surface area (Å²) in [5.74, 6) is 0.911. The fraction of sp³-hybridized carbons (Fsp3) is 0.381. The summed E-state index contributed by atoms with van der Waals surface area (Å²) in [5, 5.41) is 6.42. The predicted octanol–water partition coefficient (Wildman–Crippen LogP) is 4.09. The van der Waals surface area contributed by atoms with E-state index in [1.165, 1.54) is 16.0 Å². The van der Waals surface area contributed by atoms with Gasteiger partial charge in [0.2, 0.25) is 5.13 Å².